The number of imidazole rings is 1. The summed E-state index contributed by atoms with van der Waals surface area (Å²) in [7, 11) is 0. The van der Waals surface area contributed by atoms with Gasteiger partial charge in [0.1, 0.15) is 17.7 Å². The van der Waals surface area contributed by atoms with E-state index in [1.165, 1.54) is 24.0 Å². The molecule has 3 heterocycles. The molecule has 0 unspecified atom stereocenters. The highest BCUT2D eigenvalue weighted by molar-refractivity contribution is 5.76. The lowest BCUT2D eigenvalue weighted by molar-refractivity contribution is 0.708. The first kappa shape index (κ1) is 12.3. The smallest absolute Gasteiger partial charge is 0.161 e. The lowest BCUT2D eigenvalue weighted by atomic mass is 9.99. The van der Waals surface area contributed by atoms with Crippen molar-refractivity contribution in [3.63, 3.8) is 0 Å². The number of aromatic amines is 1. The Kier molecular flexibility index (Phi) is 2.84. The Morgan fingerprint density at radius 1 is 1.33 bits per heavy atom. The van der Waals surface area contributed by atoms with Crippen LogP contribution < -0.4 is 4.90 Å². The third-order valence-electron chi connectivity index (χ3n) is 4.11. The van der Waals surface area contributed by atoms with Crippen LogP contribution >= 0.6 is 0 Å². The van der Waals surface area contributed by atoms with E-state index in [1.54, 1.807) is 6.20 Å². The molecule has 0 fully saturated rings. The quantitative estimate of drug-likeness (QED) is 0.783. The lowest BCUT2D eigenvalue weighted by Gasteiger charge is -2.30. The average Bonchev–Trinajstić information content (AvgIpc) is 2.97. The third kappa shape index (κ3) is 2.05. The molecule has 2 aromatic heterocycles. The summed E-state index contributed by atoms with van der Waals surface area (Å²) >= 11 is 0. The van der Waals surface area contributed by atoms with Gasteiger partial charge in [0.05, 0.1) is 6.20 Å². The highest BCUT2D eigenvalue weighted by Crippen LogP contribution is 2.31. The summed E-state index contributed by atoms with van der Waals surface area (Å²) in [6, 6.07) is 6.60. The van der Waals surface area contributed by atoms with E-state index in [0.29, 0.717) is 0 Å². The molecule has 0 saturated heterocycles. The second-order valence-corrected chi connectivity index (χ2v) is 5.37. The van der Waals surface area contributed by atoms with Crippen LogP contribution in [0.1, 0.15) is 18.9 Å². The fourth-order valence-electron chi connectivity index (χ4n) is 3.05. The fraction of sp³-hybridized carbons (Fsp3) is 0.312. The predicted molar refractivity (Wildman–Crippen MR) is 83.3 cm³/mol. The monoisotopic (exact) mass is 279 g/mol. The second-order valence-electron chi connectivity index (χ2n) is 5.37. The number of aryl methyl sites for hydroxylation is 1. The van der Waals surface area contributed by atoms with Crippen molar-refractivity contribution in [2.45, 2.75) is 19.8 Å². The van der Waals surface area contributed by atoms with Crippen LogP contribution in [0.15, 0.2) is 30.7 Å². The van der Waals surface area contributed by atoms with Gasteiger partial charge in [0, 0.05) is 24.3 Å². The average molecular weight is 279 g/mol. The summed E-state index contributed by atoms with van der Waals surface area (Å²) in [5.74, 6) is 0.863. The van der Waals surface area contributed by atoms with Crippen molar-refractivity contribution in [1.82, 2.24) is 19.9 Å². The molecule has 0 saturated carbocycles. The number of rotatable bonds is 2. The normalized spacial score (nSPS) is 14.4. The molecule has 21 heavy (non-hydrogen) atoms. The molecule has 1 aliphatic heterocycles. The van der Waals surface area contributed by atoms with Crippen LogP contribution in [0.5, 0.6) is 0 Å². The number of anilines is 1. The number of nitrogens with zero attached hydrogens (tertiary/aromatic N) is 4. The molecule has 0 atom stereocenters. The molecular weight excluding hydrogens is 262 g/mol. The van der Waals surface area contributed by atoms with Gasteiger partial charge in [0.15, 0.2) is 5.65 Å². The number of nitrogens with one attached hydrogen (secondary N) is 1. The number of H-pyrrole nitrogens is 1. The molecule has 5 nitrogen and oxygen atoms in total. The maximum absolute atomic E-state index is 4.58. The topological polar surface area (TPSA) is 57.7 Å². The Bertz CT molecular complexity index is 759. The Morgan fingerprint density at radius 3 is 3.14 bits per heavy atom. The van der Waals surface area contributed by atoms with Crippen molar-refractivity contribution in [1.29, 1.82) is 0 Å². The van der Waals surface area contributed by atoms with Gasteiger partial charge in [-0.2, -0.15) is 0 Å². The van der Waals surface area contributed by atoms with Crippen LogP contribution in [0.25, 0.3) is 22.6 Å². The summed E-state index contributed by atoms with van der Waals surface area (Å²) in [6.45, 7) is 4.43. The Hall–Kier alpha value is -2.43. The van der Waals surface area contributed by atoms with Crippen molar-refractivity contribution >= 4 is 16.9 Å². The fourth-order valence-corrected chi connectivity index (χ4v) is 3.05. The Balaban J connectivity index is 1.79. The highest BCUT2D eigenvalue weighted by atomic mass is 15.1. The number of benzene rings is 1. The second kappa shape index (κ2) is 4.84. The van der Waals surface area contributed by atoms with E-state index in [-0.39, 0.29) is 0 Å². The van der Waals surface area contributed by atoms with E-state index in [0.717, 1.165) is 42.1 Å². The maximum Gasteiger partial charge on any atom is 0.161 e. The lowest BCUT2D eigenvalue weighted by Crippen LogP contribution is -2.28. The molecule has 106 valence electrons. The van der Waals surface area contributed by atoms with Gasteiger partial charge in [-0.1, -0.05) is 0 Å². The number of fused-ring (bicyclic) bond motifs is 2. The Morgan fingerprint density at radius 2 is 2.29 bits per heavy atom. The van der Waals surface area contributed by atoms with Crippen molar-refractivity contribution in [2.24, 2.45) is 0 Å². The SMILES string of the molecule is CCN1CCCc2cc(-c3nc4cncnc4[nH]3)ccc21. The molecule has 1 N–H and O–H groups in total. The molecular formula is C16H17N5. The third-order valence-corrected chi connectivity index (χ3v) is 4.11. The summed E-state index contributed by atoms with van der Waals surface area (Å²) in [5.41, 5.74) is 5.48. The standard InChI is InChI=1S/C16H17N5/c1-2-21-7-3-4-11-8-12(5-6-14(11)21)15-19-13-9-17-10-18-16(13)20-15/h5-6,8-10H,2-4,7H2,1H3,(H,17,18,19,20). The molecule has 5 heteroatoms. The number of aromatic nitrogens is 4. The van der Waals surface area contributed by atoms with E-state index in [9.17, 15) is 0 Å². The van der Waals surface area contributed by atoms with Crippen molar-refractivity contribution in [3.8, 4) is 11.4 Å². The molecule has 1 aromatic carbocycles. The molecule has 0 amide bonds. The summed E-state index contributed by atoms with van der Waals surface area (Å²) in [5, 5.41) is 0. The predicted octanol–water partition coefficient (Wildman–Crippen LogP) is 2.79. The van der Waals surface area contributed by atoms with Crippen LogP contribution in [0, 0.1) is 0 Å². The van der Waals surface area contributed by atoms with Gasteiger partial charge in [-0.25, -0.2) is 15.0 Å². The molecule has 4 rings (SSSR count). The summed E-state index contributed by atoms with van der Waals surface area (Å²) in [6.07, 6.45) is 5.63. The molecule has 0 spiro atoms. The highest BCUT2D eigenvalue weighted by Gasteiger charge is 2.16. The van der Waals surface area contributed by atoms with Gasteiger partial charge >= 0.3 is 0 Å². The van der Waals surface area contributed by atoms with E-state index in [1.807, 2.05) is 0 Å². The zero-order valence-electron chi connectivity index (χ0n) is 12.0. The maximum atomic E-state index is 4.58. The largest absolute Gasteiger partial charge is 0.372 e. The van der Waals surface area contributed by atoms with Crippen LogP contribution in [-0.2, 0) is 6.42 Å². The van der Waals surface area contributed by atoms with Crippen LogP contribution in [0.2, 0.25) is 0 Å². The minimum absolute atomic E-state index is 0.785. The summed E-state index contributed by atoms with van der Waals surface area (Å²) in [4.78, 5) is 18.5. The van der Waals surface area contributed by atoms with Gasteiger partial charge in [0.25, 0.3) is 0 Å². The first-order valence-electron chi connectivity index (χ1n) is 7.39. The van der Waals surface area contributed by atoms with Crippen LogP contribution in [0.4, 0.5) is 5.69 Å². The minimum atomic E-state index is 0.785. The van der Waals surface area contributed by atoms with Gasteiger partial charge < -0.3 is 9.88 Å². The van der Waals surface area contributed by atoms with Crippen LogP contribution in [-0.4, -0.2) is 33.0 Å². The van der Waals surface area contributed by atoms with E-state index in [4.69, 9.17) is 0 Å². The first-order chi connectivity index (χ1) is 10.3. The molecule has 0 radical (unpaired) electrons. The molecule has 3 aromatic rings. The minimum Gasteiger partial charge on any atom is -0.372 e. The van der Waals surface area contributed by atoms with E-state index >= 15 is 0 Å². The zero-order chi connectivity index (χ0) is 14.2. The van der Waals surface area contributed by atoms with Gasteiger partial charge in [0.2, 0.25) is 0 Å². The van der Waals surface area contributed by atoms with Gasteiger partial charge in [-0.05, 0) is 43.5 Å². The van der Waals surface area contributed by atoms with Gasteiger partial charge in [-0.15, -0.1) is 0 Å². The number of hydrogen-bond acceptors (Lipinski definition) is 4. The molecule has 0 bridgehead atoms. The molecule has 0 aliphatic carbocycles. The van der Waals surface area contributed by atoms with Crippen LogP contribution in [0.3, 0.4) is 0 Å². The first-order valence-corrected chi connectivity index (χ1v) is 7.39. The molecule has 1 aliphatic rings. The van der Waals surface area contributed by atoms with Crippen molar-refractivity contribution < 1.29 is 0 Å². The van der Waals surface area contributed by atoms with Crippen molar-refractivity contribution in [2.75, 3.05) is 18.0 Å². The van der Waals surface area contributed by atoms with E-state index in [2.05, 4.69) is 50.0 Å². The summed E-state index contributed by atoms with van der Waals surface area (Å²) < 4.78 is 0. The zero-order valence-corrected chi connectivity index (χ0v) is 12.0. The Labute approximate surface area is 123 Å². The van der Waals surface area contributed by atoms with Crippen molar-refractivity contribution in [3.05, 3.63) is 36.3 Å². The van der Waals surface area contributed by atoms with Gasteiger partial charge in [-0.3, -0.25) is 0 Å². The van der Waals surface area contributed by atoms with E-state index < -0.39 is 0 Å². The number of hydrogen-bond donors (Lipinski definition) is 1.